The molecule has 1 aliphatic heterocycles. The van der Waals surface area contributed by atoms with E-state index >= 15 is 0 Å². The van der Waals surface area contributed by atoms with E-state index in [1.165, 1.54) is 37.5 Å². The Morgan fingerprint density at radius 2 is 1.85 bits per heavy atom. The van der Waals surface area contributed by atoms with E-state index in [9.17, 15) is 18.0 Å². The van der Waals surface area contributed by atoms with E-state index in [2.05, 4.69) is 5.32 Å². The number of sulfone groups is 1. The lowest BCUT2D eigenvalue weighted by Crippen LogP contribution is -2.40. The third kappa shape index (κ3) is 4.49. The number of amides is 2. The first-order valence-corrected chi connectivity index (χ1v) is 12.0. The predicted molar refractivity (Wildman–Crippen MR) is 123 cm³/mol. The molecule has 1 aromatic heterocycles. The van der Waals surface area contributed by atoms with E-state index in [4.69, 9.17) is 13.9 Å². The zero-order valence-electron chi connectivity index (χ0n) is 18.7. The summed E-state index contributed by atoms with van der Waals surface area (Å²) in [7, 11) is -1.04. The van der Waals surface area contributed by atoms with Gasteiger partial charge in [0.15, 0.2) is 21.3 Å². The largest absolute Gasteiger partial charge is 0.493 e. The Hall–Kier alpha value is -3.79. The van der Waals surface area contributed by atoms with Crippen LogP contribution in [0.2, 0.25) is 0 Å². The smallest absolute Gasteiger partial charge is 0.240 e. The molecule has 1 N–H and O–H groups in total. The molecule has 1 atom stereocenters. The summed E-state index contributed by atoms with van der Waals surface area (Å²) in [5.41, 5.74) is 0.563. The summed E-state index contributed by atoms with van der Waals surface area (Å²) < 4.78 is 43.1. The van der Waals surface area contributed by atoms with E-state index < -0.39 is 26.9 Å². The van der Waals surface area contributed by atoms with Crippen molar-refractivity contribution < 1.29 is 31.9 Å². The number of furan rings is 1. The molecule has 9 nitrogen and oxygen atoms in total. The van der Waals surface area contributed by atoms with Crippen LogP contribution in [0.5, 0.6) is 11.5 Å². The molecule has 1 unspecified atom stereocenters. The molecule has 0 aliphatic carbocycles. The fraction of sp³-hybridized carbons (Fsp3) is 0.250. The van der Waals surface area contributed by atoms with E-state index in [0.29, 0.717) is 22.8 Å². The van der Waals surface area contributed by atoms with Crippen molar-refractivity contribution in [2.45, 2.75) is 23.1 Å². The first kappa shape index (κ1) is 23.4. The molecule has 0 bridgehead atoms. The van der Waals surface area contributed by atoms with Crippen LogP contribution in [0.3, 0.4) is 0 Å². The van der Waals surface area contributed by atoms with Crippen molar-refractivity contribution in [3.05, 3.63) is 72.2 Å². The second-order valence-corrected chi connectivity index (χ2v) is 9.75. The van der Waals surface area contributed by atoms with Gasteiger partial charge < -0.3 is 24.1 Å². The van der Waals surface area contributed by atoms with Gasteiger partial charge in [0.1, 0.15) is 12.3 Å². The summed E-state index contributed by atoms with van der Waals surface area (Å²) in [5, 5.41) is 1.53. The molecule has 2 amide bonds. The van der Waals surface area contributed by atoms with Crippen LogP contribution in [-0.2, 0) is 26.0 Å². The third-order valence-electron chi connectivity index (χ3n) is 5.62. The van der Waals surface area contributed by atoms with Gasteiger partial charge in [-0.1, -0.05) is 18.2 Å². The SMILES string of the molecule is COc1ccc(C2CC(=O)N(CC(=O)NCc3ccco3)c3ccccc3S2(=O)=O)cc1OC. The Morgan fingerprint density at radius 1 is 1.09 bits per heavy atom. The minimum Gasteiger partial charge on any atom is -0.493 e. The van der Waals surface area contributed by atoms with E-state index in [1.807, 2.05) is 0 Å². The summed E-state index contributed by atoms with van der Waals surface area (Å²) in [6, 6.07) is 14.4. The van der Waals surface area contributed by atoms with E-state index in [-0.39, 0.29) is 30.1 Å². The number of anilines is 1. The van der Waals surface area contributed by atoms with Crippen LogP contribution < -0.4 is 19.7 Å². The first-order chi connectivity index (χ1) is 16.3. The Balaban J connectivity index is 1.68. The summed E-state index contributed by atoms with van der Waals surface area (Å²) in [6.07, 6.45) is 1.16. The van der Waals surface area contributed by atoms with Crippen LogP contribution >= 0.6 is 0 Å². The molecule has 0 spiro atoms. The lowest BCUT2D eigenvalue weighted by atomic mass is 10.1. The number of rotatable bonds is 7. The standard InChI is InChI=1S/C24H24N2O7S/c1-31-19-10-9-16(12-20(19)32-2)22-13-24(28)26(15-23(27)25-14-17-6-5-11-33-17)18-7-3-4-8-21(18)34(22,29)30/h3-12,22H,13-15H2,1-2H3,(H,25,27). The minimum absolute atomic E-state index is 0.0144. The van der Waals surface area contributed by atoms with E-state index in [1.54, 1.807) is 42.5 Å². The molecule has 10 heteroatoms. The Kier molecular flexibility index (Phi) is 6.60. The highest BCUT2D eigenvalue weighted by Crippen LogP contribution is 2.42. The summed E-state index contributed by atoms with van der Waals surface area (Å²) >= 11 is 0. The second kappa shape index (κ2) is 9.60. The number of para-hydroxylation sites is 1. The van der Waals surface area contributed by atoms with Crippen molar-refractivity contribution >= 4 is 27.3 Å². The number of fused-ring (bicyclic) bond motifs is 1. The predicted octanol–water partition coefficient (Wildman–Crippen LogP) is 2.86. The summed E-state index contributed by atoms with van der Waals surface area (Å²) in [6.45, 7) is -0.174. The minimum atomic E-state index is -3.97. The monoisotopic (exact) mass is 484 g/mol. The van der Waals surface area contributed by atoms with Crippen molar-refractivity contribution in [2.75, 3.05) is 25.7 Å². The van der Waals surface area contributed by atoms with Gasteiger partial charge in [-0.05, 0) is 42.0 Å². The van der Waals surface area contributed by atoms with Gasteiger partial charge in [0, 0.05) is 6.42 Å². The highest BCUT2D eigenvalue weighted by Gasteiger charge is 2.40. The zero-order valence-corrected chi connectivity index (χ0v) is 19.5. The van der Waals surface area contributed by atoms with Crippen LogP contribution in [0.1, 0.15) is 23.0 Å². The molecule has 34 heavy (non-hydrogen) atoms. The molecule has 0 saturated carbocycles. The van der Waals surface area contributed by atoms with Gasteiger partial charge in [-0.25, -0.2) is 8.42 Å². The van der Waals surface area contributed by atoms with Gasteiger partial charge in [-0.2, -0.15) is 0 Å². The maximum Gasteiger partial charge on any atom is 0.240 e. The van der Waals surface area contributed by atoms with Gasteiger partial charge in [0.25, 0.3) is 0 Å². The average Bonchev–Trinajstić information content (AvgIpc) is 3.35. The van der Waals surface area contributed by atoms with Crippen molar-refractivity contribution in [1.82, 2.24) is 5.32 Å². The average molecular weight is 485 g/mol. The van der Waals surface area contributed by atoms with Gasteiger partial charge >= 0.3 is 0 Å². The number of benzene rings is 2. The van der Waals surface area contributed by atoms with Crippen LogP contribution in [0.15, 0.2) is 70.2 Å². The van der Waals surface area contributed by atoms with Crippen molar-refractivity contribution in [2.24, 2.45) is 0 Å². The quantitative estimate of drug-likeness (QED) is 0.548. The Labute approximate surface area is 197 Å². The molecule has 2 heterocycles. The molecule has 178 valence electrons. The zero-order chi connectivity index (χ0) is 24.3. The maximum absolute atomic E-state index is 13.7. The number of nitrogens with zero attached hydrogens (tertiary/aromatic N) is 1. The third-order valence-corrected chi connectivity index (χ3v) is 7.77. The molecular formula is C24H24N2O7S. The molecule has 2 aromatic carbocycles. The highest BCUT2D eigenvalue weighted by molar-refractivity contribution is 7.92. The fourth-order valence-corrected chi connectivity index (χ4v) is 5.82. The molecule has 4 rings (SSSR count). The van der Waals surface area contributed by atoms with Gasteiger partial charge in [0.05, 0.1) is 42.9 Å². The van der Waals surface area contributed by atoms with Gasteiger partial charge in [-0.3, -0.25) is 9.59 Å². The van der Waals surface area contributed by atoms with Crippen molar-refractivity contribution in [3.63, 3.8) is 0 Å². The number of carbonyl (C=O) groups excluding carboxylic acids is 2. The Bertz CT molecular complexity index is 1300. The number of methoxy groups -OCH3 is 2. The van der Waals surface area contributed by atoms with Crippen LogP contribution in [0, 0.1) is 0 Å². The summed E-state index contributed by atoms with van der Waals surface area (Å²) in [4.78, 5) is 27.1. The molecular weight excluding hydrogens is 460 g/mol. The van der Waals surface area contributed by atoms with Crippen molar-refractivity contribution in [1.29, 1.82) is 0 Å². The van der Waals surface area contributed by atoms with Crippen LogP contribution in [0.25, 0.3) is 0 Å². The van der Waals surface area contributed by atoms with Gasteiger partial charge in [-0.15, -0.1) is 0 Å². The Morgan fingerprint density at radius 3 is 2.56 bits per heavy atom. The van der Waals surface area contributed by atoms with Crippen LogP contribution in [-0.4, -0.2) is 41.0 Å². The first-order valence-electron chi connectivity index (χ1n) is 10.5. The van der Waals surface area contributed by atoms with Crippen LogP contribution in [0.4, 0.5) is 5.69 Å². The lowest BCUT2D eigenvalue weighted by molar-refractivity contribution is -0.124. The number of nitrogens with one attached hydrogen (secondary N) is 1. The molecule has 0 radical (unpaired) electrons. The molecule has 0 saturated heterocycles. The van der Waals surface area contributed by atoms with Crippen molar-refractivity contribution in [3.8, 4) is 11.5 Å². The van der Waals surface area contributed by atoms with Gasteiger partial charge in [0.2, 0.25) is 11.8 Å². The molecule has 0 fully saturated rings. The molecule has 3 aromatic rings. The number of hydrogen-bond donors (Lipinski definition) is 1. The number of hydrogen-bond acceptors (Lipinski definition) is 7. The second-order valence-electron chi connectivity index (χ2n) is 7.66. The fourth-order valence-electron chi connectivity index (χ4n) is 3.91. The summed E-state index contributed by atoms with van der Waals surface area (Å²) in [5.74, 6) is 0.434. The lowest BCUT2D eigenvalue weighted by Gasteiger charge is -2.21. The highest BCUT2D eigenvalue weighted by atomic mass is 32.2. The number of carbonyl (C=O) groups is 2. The topological polar surface area (TPSA) is 115 Å². The maximum atomic E-state index is 13.7. The number of ether oxygens (including phenoxy) is 2. The molecule has 1 aliphatic rings. The van der Waals surface area contributed by atoms with E-state index in [0.717, 1.165) is 0 Å². The normalized spacial score (nSPS) is 16.9.